The van der Waals surface area contributed by atoms with Gasteiger partial charge in [-0.3, -0.25) is 0 Å². The summed E-state index contributed by atoms with van der Waals surface area (Å²) in [6, 6.07) is 18.0. The van der Waals surface area contributed by atoms with E-state index in [0.29, 0.717) is 19.8 Å². The van der Waals surface area contributed by atoms with Gasteiger partial charge in [0.2, 0.25) is 0 Å². The molecule has 2 rings (SSSR count). The van der Waals surface area contributed by atoms with Crippen molar-refractivity contribution in [1.29, 1.82) is 0 Å². The van der Waals surface area contributed by atoms with Crippen LogP contribution in [0.15, 0.2) is 59.1 Å². The van der Waals surface area contributed by atoms with Gasteiger partial charge >= 0.3 is 0 Å². The first-order chi connectivity index (χ1) is 10.3. The third kappa shape index (κ3) is 5.98. The molecule has 0 heterocycles. The third-order valence-corrected chi connectivity index (χ3v) is 3.85. The van der Waals surface area contributed by atoms with Gasteiger partial charge in [-0.2, -0.15) is 0 Å². The molecule has 0 bridgehead atoms. The summed E-state index contributed by atoms with van der Waals surface area (Å²) in [7, 11) is 0. The van der Waals surface area contributed by atoms with E-state index in [4.69, 9.17) is 4.74 Å². The summed E-state index contributed by atoms with van der Waals surface area (Å²) in [4.78, 5) is 0. The second kappa shape index (κ2) is 8.95. The lowest BCUT2D eigenvalue weighted by Crippen LogP contribution is -2.30. The van der Waals surface area contributed by atoms with Crippen molar-refractivity contribution in [1.82, 2.24) is 5.32 Å². The normalized spacial score (nSPS) is 12.3. The van der Waals surface area contributed by atoms with Crippen molar-refractivity contribution in [3.05, 3.63) is 70.2 Å². The largest absolute Gasteiger partial charge is 0.389 e. The van der Waals surface area contributed by atoms with Crippen molar-refractivity contribution in [3.8, 4) is 0 Å². The van der Waals surface area contributed by atoms with E-state index in [1.807, 2.05) is 48.5 Å². The Morgan fingerprint density at radius 2 is 1.76 bits per heavy atom. The topological polar surface area (TPSA) is 41.5 Å². The average Bonchev–Trinajstić information content (AvgIpc) is 2.50. The molecule has 1 atom stereocenters. The molecule has 0 aliphatic rings. The zero-order chi connectivity index (χ0) is 14.9. The van der Waals surface area contributed by atoms with Crippen LogP contribution in [0.2, 0.25) is 0 Å². The van der Waals surface area contributed by atoms with Gasteiger partial charge in [-0.1, -0.05) is 64.5 Å². The molecule has 112 valence electrons. The molecule has 2 N–H and O–H groups in total. The Balaban J connectivity index is 1.62. The number of ether oxygens (including phenoxy) is 1. The minimum atomic E-state index is -0.504. The van der Waals surface area contributed by atoms with E-state index in [1.165, 1.54) is 5.56 Å². The lowest BCUT2D eigenvalue weighted by atomic mass is 10.2. The first-order valence-electron chi connectivity index (χ1n) is 6.99. The maximum atomic E-state index is 9.88. The summed E-state index contributed by atoms with van der Waals surface area (Å²) in [6.07, 6.45) is -0.504. The lowest BCUT2D eigenvalue weighted by molar-refractivity contribution is 0.0287. The molecule has 2 aromatic rings. The molecule has 21 heavy (non-hydrogen) atoms. The highest BCUT2D eigenvalue weighted by Gasteiger charge is 2.05. The third-order valence-electron chi connectivity index (χ3n) is 3.08. The number of aliphatic hydroxyl groups is 1. The Kier molecular flexibility index (Phi) is 6.89. The fraction of sp³-hybridized carbons (Fsp3) is 0.294. The Bertz CT molecular complexity index is 533. The van der Waals surface area contributed by atoms with Crippen LogP contribution in [0.25, 0.3) is 0 Å². The smallest absolute Gasteiger partial charge is 0.0897 e. The summed E-state index contributed by atoms with van der Waals surface area (Å²) in [5.41, 5.74) is 2.29. The summed E-state index contributed by atoms with van der Waals surface area (Å²) in [5.74, 6) is 0. The van der Waals surface area contributed by atoms with E-state index >= 15 is 0 Å². The lowest BCUT2D eigenvalue weighted by Gasteiger charge is -2.13. The van der Waals surface area contributed by atoms with Crippen molar-refractivity contribution in [2.45, 2.75) is 19.3 Å². The first kappa shape index (κ1) is 16.2. The highest BCUT2D eigenvalue weighted by Crippen LogP contribution is 2.15. The van der Waals surface area contributed by atoms with Crippen LogP contribution in [0.5, 0.6) is 0 Å². The van der Waals surface area contributed by atoms with Gasteiger partial charge in [0, 0.05) is 17.6 Å². The van der Waals surface area contributed by atoms with E-state index < -0.39 is 6.10 Å². The van der Waals surface area contributed by atoms with Crippen LogP contribution in [-0.4, -0.2) is 24.4 Å². The Morgan fingerprint density at radius 1 is 1.05 bits per heavy atom. The van der Waals surface area contributed by atoms with Crippen LogP contribution in [0.4, 0.5) is 0 Å². The van der Waals surface area contributed by atoms with Crippen molar-refractivity contribution in [2.75, 3.05) is 13.2 Å². The minimum Gasteiger partial charge on any atom is -0.389 e. The molecular formula is C17H20BrNO2. The summed E-state index contributed by atoms with van der Waals surface area (Å²) < 4.78 is 6.58. The van der Waals surface area contributed by atoms with Crippen molar-refractivity contribution >= 4 is 15.9 Å². The molecule has 0 fully saturated rings. The molecule has 3 nitrogen and oxygen atoms in total. The number of aliphatic hydroxyl groups excluding tert-OH is 1. The van der Waals surface area contributed by atoms with Crippen molar-refractivity contribution < 1.29 is 9.84 Å². The number of rotatable bonds is 8. The molecule has 0 saturated heterocycles. The van der Waals surface area contributed by atoms with Crippen molar-refractivity contribution in [3.63, 3.8) is 0 Å². The number of hydrogen-bond donors (Lipinski definition) is 2. The molecule has 0 aliphatic carbocycles. The van der Waals surface area contributed by atoms with Gasteiger partial charge in [-0.15, -0.1) is 0 Å². The maximum Gasteiger partial charge on any atom is 0.0897 e. The van der Waals surface area contributed by atoms with Gasteiger partial charge in [0.1, 0.15) is 0 Å². The SMILES string of the molecule is OC(CNCc1ccccc1Br)COCc1ccccc1. The summed E-state index contributed by atoms with van der Waals surface area (Å²) in [6.45, 7) is 2.09. The van der Waals surface area contributed by atoms with Gasteiger partial charge in [0.05, 0.1) is 19.3 Å². The fourth-order valence-corrected chi connectivity index (χ4v) is 2.39. The van der Waals surface area contributed by atoms with Gasteiger partial charge < -0.3 is 15.2 Å². The molecule has 0 aromatic heterocycles. The standard InChI is InChI=1S/C17H20BrNO2/c18-17-9-5-4-8-15(17)10-19-11-16(20)13-21-12-14-6-2-1-3-7-14/h1-9,16,19-20H,10-13H2. The minimum absolute atomic E-state index is 0.331. The van der Waals surface area contributed by atoms with E-state index in [1.54, 1.807) is 0 Å². The van der Waals surface area contributed by atoms with Gasteiger partial charge in [-0.25, -0.2) is 0 Å². The Labute approximate surface area is 134 Å². The number of benzene rings is 2. The van der Waals surface area contributed by atoms with Gasteiger partial charge in [0.15, 0.2) is 0 Å². The van der Waals surface area contributed by atoms with E-state index in [9.17, 15) is 5.11 Å². The molecular weight excluding hydrogens is 330 g/mol. The van der Waals surface area contributed by atoms with Crippen LogP contribution in [-0.2, 0) is 17.9 Å². The maximum absolute atomic E-state index is 9.88. The predicted molar refractivity (Wildman–Crippen MR) is 88.0 cm³/mol. The fourth-order valence-electron chi connectivity index (χ4n) is 1.96. The molecule has 0 spiro atoms. The second-order valence-electron chi connectivity index (χ2n) is 4.88. The average molecular weight is 350 g/mol. The predicted octanol–water partition coefficient (Wildman–Crippen LogP) is 3.12. The first-order valence-corrected chi connectivity index (χ1v) is 7.79. The molecule has 0 radical (unpaired) electrons. The van der Waals surface area contributed by atoms with E-state index in [2.05, 4.69) is 27.3 Å². The highest BCUT2D eigenvalue weighted by molar-refractivity contribution is 9.10. The van der Waals surface area contributed by atoms with Crippen molar-refractivity contribution in [2.24, 2.45) is 0 Å². The van der Waals surface area contributed by atoms with E-state index in [0.717, 1.165) is 16.6 Å². The molecule has 4 heteroatoms. The zero-order valence-electron chi connectivity index (χ0n) is 11.8. The number of nitrogens with one attached hydrogen (secondary N) is 1. The monoisotopic (exact) mass is 349 g/mol. The van der Waals surface area contributed by atoms with Crippen LogP contribution in [0.3, 0.4) is 0 Å². The van der Waals surface area contributed by atoms with Crippen LogP contribution in [0.1, 0.15) is 11.1 Å². The quantitative estimate of drug-likeness (QED) is 0.769. The summed E-state index contributed by atoms with van der Waals surface area (Å²) in [5, 5.41) is 13.1. The second-order valence-corrected chi connectivity index (χ2v) is 5.73. The molecule has 0 aliphatic heterocycles. The summed E-state index contributed by atoms with van der Waals surface area (Å²) >= 11 is 3.50. The zero-order valence-corrected chi connectivity index (χ0v) is 13.4. The van der Waals surface area contributed by atoms with E-state index in [-0.39, 0.29) is 0 Å². The van der Waals surface area contributed by atoms with Crippen LogP contribution in [0, 0.1) is 0 Å². The molecule has 2 aromatic carbocycles. The van der Waals surface area contributed by atoms with Gasteiger partial charge in [-0.05, 0) is 17.2 Å². The van der Waals surface area contributed by atoms with Crippen LogP contribution >= 0.6 is 15.9 Å². The Hall–Kier alpha value is -1.20. The number of hydrogen-bond acceptors (Lipinski definition) is 3. The van der Waals surface area contributed by atoms with Crippen LogP contribution < -0.4 is 5.32 Å². The van der Waals surface area contributed by atoms with Gasteiger partial charge in [0.25, 0.3) is 0 Å². The number of halogens is 1. The Morgan fingerprint density at radius 3 is 2.52 bits per heavy atom. The molecule has 0 saturated carbocycles. The molecule has 0 amide bonds. The molecule has 1 unspecified atom stereocenters. The highest BCUT2D eigenvalue weighted by atomic mass is 79.9.